The lowest BCUT2D eigenvalue weighted by Crippen LogP contribution is -2.36. The minimum Gasteiger partial charge on any atom is -0.493 e. The van der Waals surface area contributed by atoms with E-state index in [9.17, 15) is 14.0 Å². The molecular formula is C28H28FN3O4. The number of fused-ring (bicyclic) bond motifs is 2. The summed E-state index contributed by atoms with van der Waals surface area (Å²) in [4.78, 5) is 29.9. The van der Waals surface area contributed by atoms with Crippen LogP contribution in [0.3, 0.4) is 0 Å². The lowest BCUT2D eigenvalue weighted by atomic mass is 10.0. The zero-order chi connectivity index (χ0) is 25.1. The first-order valence-electron chi connectivity index (χ1n) is 12.3. The van der Waals surface area contributed by atoms with Gasteiger partial charge in [0.05, 0.1) is 36.4 Å². The third-order valence-corrected chi connectivity index (χ3v) is 7.36. The number of ether oxygens (including phenoxy) is 2. The first kappa shape index (κ1) is 22.6. The summed E-state index contributed by atoms with van der Waals surface area (Å²) in [7, 11) is 4.85. The SMILES string of the molecule is COc1cc2c(C(=O)N(CC3CC3)C3CC3)cn(-c3cc(F)cc4c3ccn4C)c(=O)c2cc1OC. The summed E-state index contributed by atoms with van der Waals surface area (Å²) < 4.78 is 28.9. The summed E-state index contributed by atoms with van der Waals surface area (Å²) in [6.45, 7) is 0.723. The molecule has 4 aromatic rings. The molecule has 0 radical (unpaired) electrons. The highest BCUT2D eigenvalue weighted by Gasteiger charge is 2.37. The summed E-state index contributed by atoms with van der Waals surface area (Å²) in [5, 5.41) is 1.53. The second kappa shape index (κ2) is 8.40. The van der Waals surface area contributed by atoms with Gasteiger partial charge in [-0.15, -0.1) is 0 Å². The molecule has 0 spiro atoms. The first-order chi connectivity index (χ1) is 17.4. The van der Waals surface area contributed by atoms with Crippen molar-refractivity contribution >= 4 is 27.6 Å². The number of nitrogens with zero attached hydrogens (tertiary/aromatic N) is 3. The summed E-state index contributed by atoms with van der Waals surface area (Å²) >= 11 is 0. The number of methoxy groups -OCH3 is 2. The van der Waals surface area contributed by atoms with Crippen LogP contribution in [-0.2, 0) is 7.05 Å². The van der Waals surface area contributed by atoms with Crippen LogP contribution in [0.15, 0.2) is 47.5 Å². The van der Waals surface area contributed by atoms with Crippen LogP contribution < -0.4 is 15.0 Å². The molecule has 36 heavy (non-hydrogen) atoms. The number of hydrogen-bond donors (Lipinski definition) is 0. The Hall–Kier alpha value is -3.81. The molecule has 2 aromatic carbocycles. The van der Waals surface area contributed by atoms with Gasteiger partial charge in [-0.3, -0.25) is 14.2 Å². The van der Waals surface area contributed by atoms with Crippen molar-refractivity contribution in [1.29, 1.82) is 0 Å². The lowest BCUT2D eigenvalue weighted by molar-refractivity contribution is 0.0736. The Labute approximate surface area is 207 Å². The van der Waals surface area contributed by atoms with Crippen molar-refractivity contribution in [1.82, 2.24) is 14.0 Å². The third-order valence-electron chi connectivity index (χ3n) is 7.36. The van der Waals surface area contributed by atoms with E-state index in [-0.39, 0.29) is 17.5 Å². The van der Waals surface area contributed by atoms with Crippen LogP contribution in [0.4, 0.5) is 4.39 Å². The Bertz CT molecular complexity index is 1580. The molecule has 0 atom stereocenters. The van der Waals surface area contributed by atoms with E-state index in [1.165, 1.54) is 30.9 Å². The number of aromatic nitrogens is 2. The number of pyridine rings is 1. The zero-order valence-electron chi connectivity index (χ0n) is 20.6. The van der Waals surface area contributed by atoms with E-state index in [1.54, 1.807) is 22.9 Å². The molecule has 2 aliphatic carbocycles. The van der Waals surface area contributed by atoms with Gasteiger partial charge >= 0.3 is 0 Å². The van der Waals surface area contributed by atoms with Crippen molar-refractivity contribution in [2.45, 2.75) is 31.7 Å². The monoisotopic (exact) mass is 489 g/mol. The Balaban J connectivity index is 1.64. The van der Waals surface area contributed by atoms with Crippen LogP contribution in [-0.4, -0.2) is 46.7 Å². The van der Waals surface area contributed by atoms with Crippen molar-refractivity contribution in [3.8, 4) is 17.2 Å². The molecule has 2 heterocycles. The number of carbonyl (C=O) groups excluding carboxylic acids is 1. The number of aryl methyl sites for hydroxylation is 1. The molecule has 2 aliphatic rings. The lowest BCUT2D eigenvalue weighted by Gasteiger charge is -2.24. The van der Waals surface area contributed by atoms with Gasteiger partial charge < -0.3 is 18.9 Å². The topological polar surface area (TPSA) is 65.7 Å². The van der Waals surface area contributed by atoms with Gasteiger partial charge in [0.15, 0.2) is 11.5 Å². The van der Waals surface area contributed by atoms with E-state index in [4.69, 9.17) is 9.47 Å². The third kappa shape index (κ3) is 3.72. The van der Waals surface area contributed by atoms with Crippen LogP contribution in [0.5, 0.6) is 11.5 Å². The molecule has 7 nitrogen and oxygen atoms in total. The molecular weight excluding hydrogens is 461 g/mol. The number of carbonyl (C=O) groups is 1. The number of benzene rings is 2. The summed E-state index contributed by atoms with van der Waals surface area (Å²) in [6.07, 6.45) is 7.64. The van der Waals surface area contributed by atoms with E-state index in [0.29, 0.717) is 45.0 Å². The Morgan fingerprint density at radius 3 is 2.36 bits per heavy atom. The highest BCUT2D eigenvalue weighted by Crippen LogP contribution is 2.38. The normalized spacial score (nSPS) is 15.4. The van der Waals surface area contributed by atoms with Crippen LogP contribution in [0.25, 0.3) is 27.4 Å². The largest absolute Gasteiger partial charge is 0.493 e. The molecule has 6 rings (SSSR count). The first-order valence-corrected chi connectivity index (χ1v) is 12.3. The van der Waals surface area contributed by atoms with E-state index >= 15 is 0 Å². The van der Waals surface area contributed by atoms with E-state index in [1.807, 2.05) is 24.2 Å². The molecule has 1 amide bonds. The number of amides is 1. The van der Waals surface area contributed by atoms with Gasteiger partial charge in [-0.1, -0.05) is 0 Å². The van der Waals surface area contributed by atoms with Crippen molar-refractivity contribution in [2.24, 2.45) is 13.0 Å². The standard InChI is InChI=1S/C28H28FN3O4/c1-30-9-8-19-23(30)10-17(29)11-24(19)32-15-22(28(34)31(18-6-7-18)14-16-4-5-16)20-12-25(35-2)26(36-3)13-21(20)27(32)33/h8-13,15-16,18H,4-7,14H2,1-3H3. The molecule has 0 N–H and O–H groups in total. The van der Waals surface area contributed by atoms with Crippen LogP contribution in [0.2, 0.25) is 0 Å². The fourth-order valence-electron chi connectivity index (χ4n) is 5.05. The van der Waals surface area contributed by atoms with Gasteiger partial charge in [0.2, 0.25) is 0 Å². The summed E-state index contributed by atoms with van der Waals surface area (Å²) in [6, 6.07) is 8.15. The molecule has 186 valence electrons. The van der Waals surface area contributed by atoms with Gasteiger partial charge in [0.1, 0.15) is 5.82 Å². The molecule has 2 aromatic heterocycles. The maximum atomic E-state index is 14.7. The maximum absolute atomic E-state index is 14.7. The fourth-order valence-corrected chi connectivity index (χ4v) is 5.05. The second-order valence-electron chi connectivity index (χ2n) is 9.89. The van der Waals surface area contributed by atoms with Gasteiger partial charge in [0, 0.05) is 42.8 Å². The Morgan fingerprint density at radius 1 is 1.03 bits per heavy atom. The zero-order valence-corrected chi connectivity index (χ0v) is 20.6. The highest BCUT2D eigenvalue weighted by atomic mass is 19.1. The average Bonchev–Trinajstić information content (AvgIpc) is 3.81. The van der Waals surface area contributed by atoms with Crippen molar-refractivity contribution in [2.75, 3.05) is 20.8 Å². The fraction of sp³-hybridized carbons (Fsp3) is 0.357. The molecule has 2 fully saturated rings. The predicted molar refractivity (Wildman–Crippen MR) is 136 cm³/mol. The number of hydrogen-bond acceptors (Lipinski definition) is 4. The Kier molecular flexibility index (Phi) is 5.28. The summed E-state index contributed by atoms with van der Waals surface area (Å²) in [5.41, 5.74) is 1.08. The van der Waals surface area contributed by atoms with Crippen molar-refractivity contribution in [3.05, 3.63) is 64.5 Å². The van der Waals surface area contributed by atoms with Crippen LogP contribution in [0.1, 0.15) is 36.0 Å². The van der Waals surface area contributed by atoms with E-state index < -0.39 is 5.82 Å². The Morgan fingerprint density at radius 2 is 1.72 bits per heavy atom. The summed E-state index contributed by atoms with van der Waals surface area (Å²) in [5.74, 6) is 0.788. The van der Waals surface area contributed by atoms with Gasteiger partial charge in [-0.05, 0) is 61.9 Å². The smallest absolute Gasteiger partial charge is 0.263 e. The van der Waals surface area contributed by atoms with Crippen LogP contribution in [0, 0.1) is 11.7 Å². The maximum Gasteiger partial charge on any atom is 0.263 e. The van der Waals surface area contributed by atoms with E-state index in [0.717, 1.165) is 37.6 Å². The quantitative estimate of drug-likeness (QED) is 0.379. The molecule has 2 saturated carbocycles. The number of halogens is 1. The van der Waals surface area contributed by atoms with Crippen molar-refractivity contribution < 1.29 is 18.7 Å². The molecule has 8 heteroatoms. The molecule has 0 aliphatic heterocycles. The minimum atomic E-state index is -0.458. The van der Waals surface area contributed by atoms with Gasteiger partial charge in [-0.25, -0.2) is 4.39 Å². The average molecular weight is 490 g/mol. The van der Waals surface area contributed by atoms with Crippen LogP contribution >= 0.6 is 0 Å². The minimum absolute atomic E-state index is 0.115. The highest BCUT2D eigenvalue weighted by molar-refractivity contribution is 6.08. The molecule has 0 unspecified atom stereocenters. The number of rotatable bonds is 7. The van der Waals surface area contributed by atoms with Crippen molar-refractivity contribution in [3.63, 3.8) is 0 Å². The molecule has 0 bridgehead atoms. The van der Waals surface area contributed by atoms with E-state index in [2.05, 4.69) is 0 Å². The molecule has 0 saturated heterocycles. The predicted octanol–water partition coefficient (Wildman–Crippen LogP) is 4.65. The van der Waals surface area contributed by atoms with Gasteiger partial charge in [0.25, 0.3) is 11.5 Å². The van der Waals surface area contributed by atoms with Gasteiger partial charge in [-0.2, -0.15) is 0 Å². The second-order valence-corrected chi connectivity index (χ2v) is 9.89.